The third kappa shape index (κ3) is 5.98. The first-order chi connectivity index (χ1) is 13.3. The van der Waals surface area contributed by atoms with Crippen LogP contribution in [0.15, 0.2) is 70.3 Å². The molecule has 0 fully saturated rings. The van der Waals surface area contributed by atoms with Crippen molar-refractivity contribution in [2.45, 2.75) is 20.0 Å². The van der Waals surface area contributed by atoms with Crippen LogP contribution >= 0.6 is 24.0 Å². The number of benzene rings is 2. The van der Waals surface area contributed by atoms with E-state index in [0.29, 0.717) is 31.5 Å². The van der Waals surface area contributed by atoms with E-state index < -0.39 is 0 Å². The Labute approximate surface area is 182 Å². The molecule has 0 aliphatic heterocycles. The Hall–Kier alpha value is -2.55. The summed E-state index contributed by atoms with van der Waals surface area (Å²) in [6.07, 6.45) is 1.66. The maximum Gasteiger partial charge on any atom is 0.226 e. The number of oxazole rings is 1. The average Bonchev–Trinajstić information content (AvgIpc) is 3.19. The second-order valence-electron chi connectivity index (χ2n) is 5.83. The standard InChI is InChI=1S/C21H24N4O2.HI/c1-3-26-19-12-8-7-11-17(19)13-23-21(22-2)24-14-18-15-27-20(25-18)16-9-5-4-6-10-16;/h4-12,15H,3,13-14H2,1-2H3,(H2,22,23,24);1H. The van der Waals surface area contributed by atoms with Crippen LogP contribution in [-0.2, 0) is 13.1 Å². The van der Waals surface area contributed by atoms with Gasteiger partial charge in [0.05, 0.1) is 18.8 Å². The number of aliphatic imine (C=N–C) groups is 1. The van der Waals surface area contributed by atoms with Gasteiger partial charge in [0.15, 0.2) is 5.96 Å². The fourth-order valence-electron chi connectivity index (χ4n) is 2.62. The summed E-state index contributed by atoms with van der Waals surface area (Å²) in [5.74, 6) is 2.18. The lowest BCUT2D eigenvalue weighted by molar-refractivity contribution is 0.336. The van der Waals surface area contributed by atoms with Gasteiger partial charge in [-0.15, -0.1) is 24.0 Å². The Morgan fingerprint density at radius 1 is 1.04 bits per heavy atom. The van der Waals surface area contributed by atoms with Crippen molar-refractivity contribution in [2.75, 3.05) is 13.7 Å². The minimum absolute atomic E-state index is 0. The van der Waals surface area contributed by atoms with Gasteiger partial charge >= 0.3 is 0 Å². The van der Waals surface area contributed by atoms with Crippen molar-refractivity contribution in [3.63, 3.8) is 0 Å². The second kappa shape index (κ2) is 11.3. The summed E-state index contributed by atoms with van der Waals surface area (Å²) in [7, 11) is 1.74. The summed E-state index contributed by atoms with van der Waals surface area (Å²) in [6.45, 7) is 3.75. The van der Waals surface area contributed by atoms with E-state index in [-0.39, 0.29) is 24.0 Å². The maximum absolute atomic E-state index is 5.65. The molecule has 6 nitrogen and oxygen atoms in total. The number of para-hydroxylation sites is 1. The number of ether oxygens (including phenoxy) is 1. The molecule has 0 atom stereocenters. The van der Waals surface area contributed by atoms with Gasteiger partial charge < -0.3 is 19.8 Å². The Morgan fingerprint density at radius 2 is 1.75 bits per heavy atom. The number of rotatable bonds is 7. The van der Waals surface area contributed by atoms with Crippen molar-refractivity contribution in [1.82, 2.24) is 15.6 Å². The van der Waals surface area contributed by atoms with Gasteiger partial charge in [-0.1, -0.05) is 36.4 Å². The van der Waals surface area contributed by atoms with Crippen LogP contribution < -0.4 is 15.4 Å². The molecule has 0 spiro atoms. The van der Waals surface area contributed by atoms with Gasteiger partial charge in [0.2, 0.25) is 5.89 Å². The molecule has 0 amide bonds. The first-order valence-corrected chi connectivity index (χ1v) is 8.95. The van der Waals surface area contributed by atoms with E-state index in [1.807, 2.05) is 61.5 Å². The highest BCUT2D eigenvalue weighted by atomic mass is 127. The molecule has 0 unspecified atom stereocenters. The van der Waals surface area contributed by atoms with Crippen molar-refractivity contribution in [3.05, 3.63) is 72.1 Å². The minimum Gasteiger partial charge on any atom is -0.494 e. The quantitative estimate of drug-likeness (QED) is 0.294. The van der Waals surface area contributed by atoms with Crippen molar-refractivity contribution < 1.29 is 9.15 Å². The van der Waals surface area contributed by atoms with Crippen LogP contribution in [0.1, 0.15) is 18.2 Å². The van der Waals surface area contributed by atoms with Crippen molar-refractivity contribution >= 4 is 29.9 Å². The summed E-state index contributed by atoms with van der Waals surface area (Å²) >= 11 is 0. The first kappa shape index (κ1) is 21.7. The zero-order valence-electron chi connectivity index (χ0n) is 16.0. The molecule has 0 bridgehead atoms. The average molecular weight is 492 g/mol. The topological polar surface area (TPSA) is 71.7 Å². The third-order valence-corrected chi connectivity index (χ3v) is 3.95. The number of guanidine groups is 1. The minimum atomic E-state index is 0. The Bertz CT molecular complexity index is 881. The van der Waals surface area contributed by atoms with Crippen LogP contribution in [0.4, 0.5) is 0 Å². The van der Waals surface area contributed by atoms with Gasteiger partial charge in [-0.3, -0.25) is 4.99 Å². The molecule has 1 heterocycles. The van der Waals surface area contributed by atoms with Gasteiger partial charge in [-0.2, -0.15) is 0 Å². The largest absolute Gasteiger partial charge is 0.494 e. The maximum atomic E-state index is 5.65. The summed E-state index contributed by atoms with van der Waals surface area (Å²) in [5, 5.41) is 6.54. The third-order valence-electron chi connectivity index (χ3n) is 3.95. The van der Waals surface area contributed by atoms with Crippen LogP contribution in [0.25, 0.3) is 11.5 Å². The lowest BCUT2D eigenvalue weighted by Crippen LogP contribution is -2.36. The van der Waals surface area contributed by atoms with E-state index in [0.717, 1.165) is 22.6 Å². The van der Waals surface area contributed by atoms with Gasteiger partial charge in [0, 0.05) is 24.7 Å². The monoisotopic (exact) mass is 492 g/mol. The van der Waals surface area contributed by atoms with Gasteiger partial charge in [0.25, 0.3) is 0 Å². The van der Waals surface area contributed by atoms with Crippen molar-refractivity contribution in [1.29, 1.82) is 0 Å². The van der Waals surface area contributed by atoms with E-state index in [9.17, 15) is 0 Å². The summed E-state index contributed by atoms with van der Waals surface area (Å²) in [5.41, 5.74) is 2.85. The fraction of sp³-hybridized carbons (Fsp3) is 0.238. The highest BCUT2D eigenvalue weighted by Crippen LogP contribution is 2.18. The Balaban J connectivity index is 0.00000280. The van der Waals surface area contributed by atoms with E-state index in [2.05, 4.69) is 20.6 Å². The normalized spacial score (nSPS) is 10.9. The van der Waals surface area contributed by atoms with Crippen molar-refractivity contribution in [2.24, 2.45) is 4.99 Å². The lowest BCUT2D eigenvalue weighted by Gasteiger charge is -2.13. The molecule has 0 saturated heterocycles. The molecule has 0 saturated carbocycles. The van der Waals surface area contributed by atoms with Crippen molar-refractivity contribution in [3.8, 4) is 17.2 Å². The first-order valence-electron chi connectivity index (χ1n) is 8.95. The highest BCUT2D eigenvalue weighted by Gasteiger charge is 2.08. The molecule has 2 aromatic carbocycles. The van der Waals surface area contributed by atoms with Gasteiger partial charge in [0.1, 0.15) is 12.0 Å². The number of nitrogens with zero attached hydrogens (tertiary/aromatic N) is 2. The van der Waals surface area contributed by atoms with E-state index >= 15 is 0 Å². The zero-order chi connectivity index (χ0) is 18.9. The Kier molecular flexibility index (Phi) is 8.80. The van der Waals surface area contributed by atoms with Gasteiger partial charge in [-0.05, 0) is 25.1 Å². The predicted octanol–water partition coefficient (Wildman–Crippen LogP) is 4.22. The molecular formula is C21H25IN4O2. The zero-order valence-corrected chi connectivity index (χ0v) is 18.3. The van der Waals surface area contributed by atoms with Crippen LogP contribution in [0.2, 0.25) is 0 Å². The van der Waals surface area contributed by atoms with E-state index in [1.165, 1.54) is 0 Å². The molecule has 3 rings (SSSR count). The van der Waals surface area contributed by atoms with Gasteiger partial charge in [-0.25, -0.2) is 4.98 Å². The molecule has 7 heteroatoms. The van der Waals surface area contributed by atoms with Crippen LogP contribution in [0.3, 0.4) is 0 Å². The predicted molar refractivity (Wildman–Crippen MR) is 122 cm³/mol. The number of hydrogen-bond donors (Lipinski definition) is 2. The molecule has 0 radical (unpaired) electrons. The fourth-order valence-corrected chi connectivity index (χ4v) is 2.62. The molecule has 0 aliphatic carbocycles. The molecule has 148 valence electrons. The van der Waals surface area contributed by atoms with Crippen LogP contribution in [0, 0.1) is 0 Å². The lowest BCUT2D eigenvalue weighted by atomic mass is 10.2. The van der Waals surface area contributed by atoms with E-state index in [4.69, 9.17) is 9.15 Å². The van der Waals surface area contributed by atoms with E-state index in [1.54, 1.807) is 13.3 Å². The summed E-state index contributed by atoms with van der Waals surface area (Å²) in [6, 6.07) is 17.8. The molecule has 1 aromatic heterocycles. The number of hydrogen-bond acceptors (Lipinski definition) is 4. The molecule has 28 heavy (non-hydrogen) atoms. The summed E-state index contributed by atoms with van der Waals surface area (Å²) in [4.78, 5) is 8.77. The number of halogens is 1. The Morgan fingerprint density at radius 3 is 2.50 bits per heavy atom. The molecule has 0 aliphatic rings. The smallest absolute Gasteiger partial charge is 0.226 e. The van der Waals surface area contributed by atoms with Crippen LogP contribution in [0.5, 0.6) is 5.75 Å². The number of aromatic nitrogens is 1. The SMILES string of the molecule is CCOc1ccccc1CNC(=NC)NCc1coc(-c2ccccc2)n1.I. The second-order valence-corrected chi connectivity index (χ2v) is 5.83. The number of nitrogens with one attached hydrogen (secondary N) is 2. The van der Waals surface area contributed by atoms with Crippen LogP contribution in [-0.4, -0.2) is 24.6 Å². The molecular weight excluding hydrogens is 467 g/mol. The summed E-state index contributed by atoms with van der Waals surface area (Å²) < 4.78 is 11.2. The molecule has 3 aromatic rings. The highest BCUT2D eigenvalue weighted by molar-refractivity contribution is 14.0. The molecule has 2 N–H and O–H groups in total.